The summed E-state index contributed by atoms with van der Waals surface area (Å²) in [5.74, 6) is -5.20. The highest BCUT2D eigenvalue weighted by Crippen LogP contribution is 2.30. The highest BCUT2D eigenvalue weighted by molar-refractivity contribution is 5.98. The van der Waals surface area contributed by atoms with E-state index in [1.807, 2.05) is 18.2 Å². The molecule has 2 heterocycles. The summed E-state index contributed by atoms with van der Waals surface area (Å²) in [6, 6.07) is 9.03. The first-order valence-corrected chi connectivity index (χ1v) is 13.8. The van der Waals surface area contributed by atoms with Gasteiger partial charge >= 0.3 is 23.9 Å². The van der Waals surface area contributed by atoms with Crippen molar-refractivity contribution in [1.82, 2.24) is 10.3 Å². The number of nitrogens with zero attached hydrogens (tertiary/aromatic N) is 1. The van der Waals surface area contributed by atoms with Gasteiger partial charge in [-0.2, -0.15) is 0 Å². The van der Waals surface area contributed by atoms with Crippen LogP contribution in [0, 0.1) is 11.8 Å². The Morgan fingerprint density at radius 3 is 2.47 bits per heavy atom. The van der Waals surface area contributed by atoms with Crippen LogP contribution >= 0.6 is 0 Å². The maximum absolute atomic E-state index is 13.4. The van der Waals surface area contributed by atoms with Crippen LogP contribution in [-0.4, -0.2) is 73.5 Å². The Bertz CT molecular complexity index is 1300. The Balaban J connectivity index is 1.86. The number of esters is 4. The van der Waals surface area contributed by atoms with Gasteiger partial charge in [0.05, 0.1) is 13.0 Å². The summed E-state index contributed by atoms with van der Waals surface area (Å²) in [5.41, 5.74) is 0.489. The summed E-state index contributed by atoms with van der Waals surface area (Å²) in [7, 11) is 1.34. The molecule has 0 saturated carbocycles. The molecular formula is C30H36N2O11. The van der Waals surface area contributed by atoms with Crippen molar-refractivity contribution in [3.05, 3.63) is 53.9 Å². The van der Waals surface area contributed by atoms with Gasteiger partial charge in [0.15, 0.2) is 29.3 Å². The summed E-state index contributed by atoms with van der Waals surface area (Å²) in [4.78, 5) is 68.0. The van der Waals surface area contributed by atoms with Gasteiger partial charge in [0, 0.05) is 18.7 Å². The molecule has 3 rings (SSSR count). The lowest BCUT2D eigenvalue weighted by Crippen LogP contribution is -2.47. The molecule has 43 heavy (non-hydrogen) atoms. The monoisotopic (exact) mass is 600 g/mol. The first kappa shape index (κ1) is 32.8. The number of methoxy groups -OCH3 is 1. The standard InChI is InChI=1S/C30H36N2O11/c1-6-23(33)40-16-41-26-22(38-5)12-13-31-24(26)27(34)32-21-15-39-29(36)20(14-19-10-8-7-9-11-19)25(18(4)42-30(21)37)43-28(35)17(2)3/h7-13,17-18,20-21,25H,6,14-16H2,1-5H3,(H,32,34)/t18-,20+,21-,25-/m0/s1. The molecule has 4 atom stereocenters. The fraction of sp³-hybridized carbons (Fsp3) is 0.467. The number of benzene rings is 1. The Morgan fingerprint density at radius 1 is 1.09 bits per heavy atom. The maximum atomic E-state index is 13.4. The fourth-order valence-electron chi connectivity index (χ4n) is 4.13. The third-order valence-electron chi connectivity index (χ3n) is 6.48. The number of cyclic esters (lactones) is 2. The van der Waals surface area contributed by atoms with Crippen molar-refractivity contribution in [2.75, 3.05) is 20.5 Å². The lowest BCUT2D eigenvalue weighted by atomic mass is 9.91. The number of aromatic nitrogens is 1. The van der Waals surface area contributed by atoms with Crippen LogP contribution in [0.25, 0.3) is 0 Å². The van der Waals surface area contributed by atoms with E-state index in [4.69, 9.17) is 28.4 Å². The smallest absolute Gasteiger partial charge is 0.332 e. The molecule has 0 spiro atoms. The second-order valence-corrected chi connectivity index (χ2v) is 9.97. The molecule has 1 saturated heterocycles. The molecule has 1 aromatic heterocycles. The lowest BCUT2D eigenvalue weighted by molar-refractivity contribution is -0.176. The molecule has 1 amide bonds. The van der Waals surface area contributed by atoms with E-state index in [1.165, 1.54) is 26.3 Å². The van der Waals surface area contributed by atoms with Crippen molar-refractivity contribution in [3.63, 3.8) is 0 Å². The van der Waals surface area contributed by atoms with Gasteiger partial charge in [-0.25, -0.2) is 9.78 Å². The molecule has 0 radical (unpaired) electrons. The molecule has 2 aromatic rings. The molecule has 13 nitrogen and oxygen atoms in total. The van der Waals surface area contributed by atoms with E-state index in [1.54, 1.807) is 32.9 Å². The summed E-state index contributed by atoms with van der Waals surface area (Å²) in [6.45, 7) is 5.30. The van der Waals surface area contributed by atoms with Crippen molar-refractivity contribution in [1.29, 1.82) is 0 Å². The third kappa shape index (κ3) is 8.90. The van der Waals surface area contributed by atoms with Gasteiger partial charge in [-0.3, -0.25) is 19.2 Å². The first-order valence-electron chi connectivity index (χ1n) is 13.8. The van der Waals surface area contributed by atoms with E-state index in [9.17, 15) is 24.0 Å². The summed E-state index contributed by atoms with van der Waals surface area (Å²) in [6.07, 6.45) is -0.690. The van der Waals surface area contributed by atoms with Gasteiger partial charge in [0.1, 0.15) is 18.6 Å². The third-order valence-corrected chi connectivity index (χ3v) is 6.48. The fourth-order valence-corrected chi connectivity index (χ4v) is 4.13. The highest BCUT2D eigenvalue weighted by Gasteiger charge is 2.42. The second-order valence-electron chi connectivity index (χ2n) is 9.97. The summed E-state index contributed by atoms with van der Waals surface area (Å²) < 4.78 is 32.4. The molecule has 1 N–H and O–H groups in total. The Kier molecular flexibility index (Phi) is 11.8. The molecule has 1 aromatic carbocycles. The average molecular weight is 601 g/mol. The van der Waals surface area contributed by atoms with Gasteiger partial charge in [0.2, 0.25) is 6.79 Å². The van der Waals surface area contributed by atoms with Crippen LogP contribution < -0.4 is 14.8 Å². The van der Waals surface area contributed by atoms with E-state index >= 15 is 0 Å². The van der Waals surface area contributed by atoms with Crippen molar-refractivity contribution in [2.24, 2.45) is 11.8 Å². The minimum atomic E-state index is -1.45. The van der Waals surface area contributed by atoms with Crippen LogP contribution in [0.15, 0.2) is 42.6 Å². The maximum Gasteiger partial charge on any atom is 0.332 e. The minimum Gasteiger partial charge on any atom is -0.493 e. The number of amides is 1. The molecule has 1 fully saturated rings. The van der Waals surface area contributed by atoms with Crippen LogP contribution in [-0.2, 0) is 44.5 Å². The van der Waals surface area contributed by atoms with Gasteiger partial charge in [-0.1, -0.05) is 51.1 Å². The number of carbonyl (C=O) groups excluding carboxylic acids is 5. The number of hydrogen-bond donors (Lipinski definition) is 1. The molecule has 0 unspecified atom stereocenters. The van der Waals surface area contributed by atoms with E-state index in [0.717, 1.165) is 5.56 Å². The summed E-state index contributed by atoms with van der Waals surface area (Å²) in [5, 5.41) is 2.46. The lowest BCUT2D eigenvalue weighted by Gasteiger charge is -2.29. The zero-order valence-electron chi connectivity index (χ0n) is 24.7. The molecule has 1 aliphatic heterocycles. The van der Waals surface area contributed by atoms with Crippen molar-refractivity contribution in [3.8, 4) is 11.5 Å². The van der Waals surface area contributed by atoms with Gasteiger partial charge in [0.25, 0.3) is 5.91 Å². The van der Waals surface area contributed by atoms with Crippen LogP contribution in [0.1, 0.15) is 50.2 Å². The minimum absolute atomic E-state index is 0.114. The molecule has 13 heteroatoms. The average Bonchev–Trinajstić information content (AvgIpc) is 3.03. The number of rotatable bonds is 11. The molecule has 0 bridgehead atoms. The largest absolute Gasteiger partial charge is 0.493 e. The Labute approximate surface area is 249 Å². The molecule has 0 aliphatic carbocycles. The molecule has 232 valence electrons. The Morgan fingerprint density at radius 2 is 1.81 bits per heavy atom. The van der Waals surface area contributed by atoms with Crippen molar-refractivity contribution < 1.29 is 52.4 Å². The van der Waals surface area contributed by atoms with Gasteiger partial charge in [-0.05, 0) is 18.9 Å². The Hall–Kier alpha value is -4.68. The predicted molar refractivity (Wildman–Crippen MR) is 149 cm³/mol. The SMILES string of the molecule is CCC(=O)OCOc1c(OC)ccnc1C(=O)N[C@H]1COC(=O)[C@H](Cc2ccccc2)[C@@H](OC(=O)C(C)C)[C@H](C)OC1=O. The molecule has 1 aliphatic rings. The van der Waals surface area contributed by atoms with Crippen LogP contribution in [0.2, 0.25) is 0 Å². The number of nitrogens with one attached hydrogen (secondary N) is 1. The number of hydrogen-bond acceptors (Lipinski definition) is 12. The van der Waals surface area contributed by atoms with Crippen LogP contribution in [0.5, 0.6) is 11.5 Å². The number of carbonyl (C=O) groups is 5. The normalized spacial score (nSPS) is 20.4. The number of pyridine rings is 1. The first-order chi connectivity index (χ1) is 20.5. The van der Waals surface area contributed by atoms with Crippen LogP contribution in [0.4, 0.5) is 0 Å². The predicted octanol–water partition coefficient (Wildman–Crippen LogP) is 2.39. The number of ether oxygens (including phenoxy) is 6. The second kappa shape index (κ2) is 15.5. The zero-order valence-corrected chi connectivity index (χ0v) is 24.7. The van der Waals surface area contributed by atoms with Crippen molar-refractivity contribution in [2.45, 2.75) is 58.8 Å². The highest BCUT2D eigenvalue weighted by atomic mass is 16.7. The van der Waals surface area contributed by atoms with E-state index in [2.05, 4.69) is 10.3 Å². The summed E-state index contributed by atoms with van der Waals surface area (Å²) >= 11 is 0. The molecular weight excluding hydrogens is 564 g/mol. The topological polar surface area (TPSA) is 166 Å². The quantitative estimate of drug-likeness (QED) is 0.228. The van der Waals surface area contributed by atoms with Gasteiger partial charge in [-0.15, -0.1) is 0 Å². The van der Waals surface area contributed by atoms with E-state index < -0.39 is 73.3 Å². The zero-order chi connectivity index (χ0) is 31.5. The van der Waals surface area contributed by atoms with Crippen LogP contribution in [0.3, 0.4) is 0 Å². The van der Waals surface area contributed by atoms with E-state index in [-0.39, 0.29) is 30.0 Å². The van der Waals surface area contributed by atoms with E-state index in [0.29, 0.717) is 0 Å². The van der Waals surface area contributed by atoms with Gasteiger partial charge < -0.3 is 33.7 Å². The van der Waals surface area contributed by atoms with Crippen molar-refractivity contribution >= 4 is 29.8 Å².